The summed E-state index contributed by atoms with van der Waals surface area (Å²) in [4.78, 5) is 51.8. The fourth-order valence-electron chi connectivity index (χ4n) is 7.37. The van der Waals surface area contributed by atoms with Crippen molar-refractivity contribution in [2.24, 2.45) is 5.41 Å². The van der Waals surface area contributed by atoms with Gasteiger partial charge in [-0.1, -0.05) is 48.9 Å². The average Bonchev–Trinajstić information content (AvgIpc) is 3.09. The van der Waals surface area contributed by atoms with Gasteiger partial charge in [0.15, 0.2) is 0 Å². The number of hydrogen-bond acceptors (Lipinski definition) is 5. The number of nitrogens with one attached hydrogen (secondary N) is 4. The summed E-state index contributed by atoms with van der Waals surface area (Å²) in [5, 5.41) is 21.5. The van der Waals surface area contributed by atoms with Crippen LogP contribution in [0.4, 0.5) is 21.9 Å². The first kappa shape index (κ1) is 30.2. The van der Waals surface area contributed by atoms with E-state index in [1.807, 2.05) is 73.7 Å². The first-order chi connectivity index (χ1) is 21.5. The normalized spacial score (nSPS) is 23.8. The van der Waals surface area contributed by atoms with E-state index in [-0.39, 0.29) is 29.8 Å². The maximum absolute atomic E-state index is 13.6. The van der Waals surface area contributed by atoms with Crippen LogP contribution < -0.4 is 21.3 Å². The molecule has 3 aliphatic rings. The summed E-state index contributed by atoms with van der Waals surface area (Å²) in [6, 6.07) is 20.2. The van der Waals surface area contributed by atoms with E-state index in [0.717, 1.165) is 59.3 Å². The Balaban J connectivity index is 1.12. The molecule has 6 rings (SSSR count). The van der Waals surface area contributed by atoms with E-state index in [2.05, 4.69) is 21.3 Å². The number of para-hydroxylation sites is 1. The molecule has 3 aromatic carbocycles. The van der Waals surface area contributed by atoms with Gasteiger partial charge in [0.2, 0.25) is 11.8 Å². The third kappa shape index (κ3) is 6.36. The lowest BCUT2D eigenvalue weighted by Crippen LogP contribution is -2.43. The zero-order valence-corrected chi connectivity index (χ0v) is 25.6. The number of likely N-dealkylation sites (N-methyl/N-ethyl adjacent to an activating group) is 1. The Morgan fingerprint density at radius 1 is 0.978 bits per heavy atom. The Hall–Kier alpha value is -4.86. The van der Waals surface area contributed by atoms with Crippen molar-refractivity contribution in [3.63, 3.8) is 0 Å². The van der Waals surface area contributed by atoms with Gasteiger partial charge in [0.25, 0.3) is 0 Å². The number of hydrogen-bond donors (Lipinski definition) is 5. The van der Waals surface area contributed by atoms with Gasteiger partial charge in [-0.3, -0.25) is 14.4 Å². The minimum Gasteiger partial charge on any atom is -0.481 e. The molecule has 10 nitrogen and oxygen atoms in total. The molecule has 45 heavy (non-hydrogen) atoms. The number of rotatable bonds is 8. The first-order valence-corrected chi connectivity index (χ1v) is 15.4. The second-order valence-corrected chi connectivity index (χ2v) is 13.0. The summed E-state index contributed by atoms with van der Waals surface area (Å²) in [5.74, 6) is -1.20. The molecule has 5 N–H and O–H groups in total. The Morgan fingerprint density at radius 3 is 2.49 bits per heavy atom. The van der Waals surface area contributed by atoms with Gasteiger partial charge in [0.1, 0.15) is 6.04 Å². The monoisotopic (exact) mass is 609 g/mol. The van der Waals surface area contributed by atoms with Gasteiger partial charge in [-0.15, -0.1) is 0 Å². The lowest BCUT2D eigenvalue weighted by molar-refractivity contribution is -0.141. The van der Waals surface area contributed by atoms with Crippen LogP contribution in [0.5, 0.6) is 0 Å². The maximum atomic E-state index is 13.6. The Bertz CT molecular complexity index is 1660. The van der Waals surface area contributed by atoms with E-state index in [9.17, 15) is 24.3 Å². The quantitative estimate of drug-likeness (QED) is 0.241. The number of carbonyl (C=O) groups is 4. The highest BCUT2D eigenvalue weighted by Gasteiger charge is 2.56. The highest BCUT2D eigenvalue weighted by molar-refractivity contribution is 6.00. The zero-order valence-electron chi connectivity index (χ0n) is 25.6. The van der Waals surface area contributed by atoms with Crippen molar-refractivity contribution >= 4 is 40.9 Å². The number of benzene rings is 3. The smallest absolute Gasteiger partial charge is 0.323 e. The molecule has 1 saturated carbocycles. The fraction of sp³-hybridized carbons (Fsp3) is 0.371. The highest BCUT2D eigenvalue weighted by Crippen LogP contribution is 2.50. The standard InChI is InChI=1S/C35H39N5O5/c1-22-6-3-4-7-27(22)38-33(45)36-26-11-8-23(9-12-26)19-35-15-5-14-34(21-35,32(44)39-35)18-24-10-13-28-25(16-24)20-40(2)31(43)29(37-28)17-30(41)42/h3-4,6-13,16,29,37H,5,14-15,17-21H2,1-2H3,(H,39,44)(H,41,42)(H2,36,38,45). The molecule has 1 saturated heterocycles. The molecule has 3 aromatic rings. The van der Waals surface area contributed by atoms with Crippen molar-refractivity contribution in [1.29, 1.82) is 0 Å². The number of amides is 4. The molecular formula is C35H39N5O5. The SMILES string of the molecule is Cc1ccccc1NC(=O)Nc1ccc(CC23CCCC(Cc4ccc5c(c4)CN(C)C(=O)C(CC(=O)O)N5)(C2)C(=O)N3)cc1. The average molecular weight is 610 g/mol. The van der Waals surface area contributed by atoms with Gasteiger partial charge in [-0.2, -0.15) is 0 Å². The number of anilines is 3. The second-order valence-electron chi connectivity index (χ2n) is 13.0. The molecule has 0 aromatic heterocycles. The summed E-state index contributed by atoms with van der Waals surface area (Å²) in [6.07, 6.45) is 4.42. The molecule has 2 heterocycles. The van der Waals surface area contributed by atoms with Crippen molar-refractivity contribution in [3.8, 4) is 0 Å². The van der Waals surface area contributed by atoms with Crippen LogP contribution in [0, 0.1) is 12.3 Å². The van der Waals surface area contributed by atoms with Crippen molar-refractivity contribution in [2.45, 2.75) is 70.0 Å². The summed E-state index contributed by atoms with van der Waals surface area (Å²) in [6.45, 7) is 2.31. The summed E-state index contributed by atoms with van der Waals surface area (Å²) >= 11 is 0. The van der Waals surface area contributed by atoms with E-state index < -0.39 is 17.4 Å². The van der Waals surface area contributed by atoms with E-state index in [1.54, 1.807) is 11.9 Å². The maximum Gasteiger partial charge on any atom is 0.323 e. The molecule has 234 valence electrons. The van der Waals surface area contributed by atoms with Crippen molar-refractivity contribution in [3.05, 3.63) is 89.0 Å². The van der Waals surface area contributed by atoms with Crippen LogP contribution >= 0.6 is 0 Å². The molecule has 0 spiro atoms. The number of carboxylic acids is 1. The van der Waals surface area contributed by atoms with E-state index in [0.29, 0.717) is 25.1 Å². The summed E-state index contributed by atoms with van der Waals surface area (Å²) in [5.41, 5.74) is 5.39. The molecule has 1 aliphatic carbocycles. The van der Waals surface area contributed by atoms with Gasteiger partial charge < -0.3 is 31.3 Å². The fourth-order valence-corrected chi connectivity index (χ4v) is 7.37. The topological polar surface area (TPSA) is 140 Å². The first-order valence-electron chi connectivity index (χ1n) is 15.4. The van der Waals surface area contributed by atoms with Crippen LogP contribution in [0.15, 0.2) is 66.7 Å². The van der Waals surface area contributed by atoms with Crippen LogP contribution in [0.1, 0.15) is 54.4 Å². The third-order valence-corrected chi connectivity index (χ3v) is 9.50. The molecule has 0 radical (unpaired) electrons. The van der Waals surface area contributed by atoms with Crippen molar-refractivity contribution in [1.82, 2.24) is 10.2 Å². The van der Waals surface area contributed by atoms with Gasteiger partial charge in [0.05, 0.1) is 11.8 Å². The molecule has 3 atom stereocenters. The molecule has 10 heteroatoms. The van der Waals surface area contributed by atoms with Crippen LogP contribution in [0.3, 0.4) is 0 Å². The van der Waals surface area contributed by atoms with Crippen LogP contribution in [0.2, 0.25) is 0 Å². The summed E-state index contributed by atoms with van der Waals surface area (Å²) < 4.78 is 0. The van der Waals surface area contributed by atoms with Crippen molar-refractivity contribution < 1.29 is 24.3 Å². The number of carboxylic acid groups (broad SMARTS) is 1. The lowest BCUT2D eigenvalue weighted by atomic mass is 9.66. The number of nitrogens with zero attached hydrogens (tertiary/aromatic N) is 1. The van der Waals surface area contributed by atoms with Gasteiger partial charge in [-0.25, -0.2) is 4.79 Å². The molecule has 4 amide bonds. The van der Waals surface area contributed by atoms with Gasteiger partial charge in [0, 0.05) is 36.2 Å². The number of urea groups is 1. The Labute approximate surface area is 262 Å². The Kier molecular flexibility index (Phi) is 7.99. The summed E-state index contributed by atoms with van der Waals surface area (Å²) in [7, 11) is 1.68. The molecule has 3 unspecified atom stereocenters. The number of aliphatic carboxylic acids is 1. The number of carbonyl (C=O) groups excluding carboxylic acids is 3. The predicted octanol–water partition coefficient (Wildman–Crippen LogP) is 5.08. The predicted molar refractivity (Wildman–Crippen MR) is 172 cm³/mol. The molecular weight excluding hydrogens is 570 g/mol. The number of fused-ring (bicyclic) bond motifs is 3. The Morgan fingerprint density at radius 2 is 1.73 bits per heavy atom. The van der Waals surface area contributed by atoms with Gasteiger partial charge >= 0.3 is 12.0 Å². The molecule has 2 bridgehead atoms. The van der Waals surface area contributed by atoms with E-state index in [1.165, 1.54) is 0 Å². The van der Waals surface area contributed by atoms with Crippen LogP contribution in [-0.4, -0.2) is 52.4 Å². The van der Waals surface area contributed by atoms with Crippen LogP contribution in [-0.2, 0) is 33.8 Å². The number of aryl methyl sites for hydroxylation is 1. The van der Waals surface area contributed by atoms with Crippen LogP contribution in [0.25, 0.3) is 0 Å². The third-order valence-electron chi connectivity index (χ3n) is 9.50. The molecule has 2 aliphatic heterocycles. The minimum absolute atomic E-state index is 0.0908. The highest BCUT2D eigenvalue weighted by atomic mass is 16.4. The molecule has 2 fully saturated rings. The minimum atomic E-state index is -1.03. The lowest BCUT2D eigenvalue weighted by Gasteiger charge is -2.37. The zero-order chi connectivity index (χ0) is 31.8. The van der Waals surface area contributed by atoms with E-state index >= 15 is 0 Å². The second kappa shape index (κ2) is 11.9. The van der Waals surface area contributed by atoms with Gasteiger partial charge in [-0.05, 0) is 85.5 Å². The van der Waals surface area contributed by atoms with Crippen molar-refractivity contribution in [2.75, 3.05) is 23.0 Å². The largest absolute Gasteiger partial charge is 0.481 e. The van der Waals surface area contributed by atoms with E-state index in [4.69, 9.17) is 0 Å².